The van der Waals surface area contributed by atoms with Gasteiger partial charge in [-0.25, -0.2) is 19.9 Å². The summed E-state index contributed by atoms with van der Waals surface area (Å²) in [5, 5.41) is 4.69. The van der Waals surface area contributed by atoms with Crippen LogP contribution in [0.2, 0.25) is 0 Å². The second-order valence-corrected chi connectivity index (χ2v) is 11.9. The molecule has 10 rings (SSSR count). The molecule has 0 bridgehead atoms. The Labute approximate surface area is 275 Å². The Kier molecular flexibility index (Phi) is 5.77. The van der Waals surface area contributed by atoms with Gasteiger partial charge in [0.05, 0.1) is 16.6 Å². The lowest BCUT2D eigenvalue weighted by Gasteiger charge is -2.13. The average Bonchev–Trinajstić information content (AvgIpc) is 3.72. The molecule has 0 saturated heterocycles. The van der Waals surface area contributed by atoms with Crippen molar-refractivity contribution in [3.8, 4) is 39.9 Å². The lowest BCUT2D eigenvalue weighted by molar-refractivity contribution is 1.07. The summed E-state index contributed by atoms with van der Waals surface area (Å²) in [4.78, 5) is 20.1. The minimum atomic E-state index is 0.619. The Hall–Kier alpha value is -6.66. The van der Waals surface area contributed by atoms with E-state index in [-0.39, 0.29) is 0 Å². The molecule has 10 aromatic rings. The zero-order valence-corrected chi connectivity index (χ0v) is 25.7. The standard InChI is InChI=1S/C42H26N6/c1-3-14-27(15-4-1)38-44-39(28-16-5-2-6-17-28)46-40(45-38)29-18-13-19-30(26-29)47-35-24-11-9-22-33(35)37-31-20-7-8-21-32(31)41-43-34-23-10-12-25-36(34)48(41)42(37)47/h1-26H. The van der Waals surface area contributed by atoms with Crippen molar-refractivity contribution in [2.45, 2.75) is 0 Å². The van der Waals surface area contributed by atoms with E-state index in [0.29, 0.717) is 17.5 Å². The van der Waals surface area contributed by atoms with Gasteiger partial charge in [0.2, 0.25) is 0 Å². The molecule has 4 aromatic heterocycles. The molecule has 0 atom stereocenters. The summed E-state index contributed by atoms with van der Waals surface area (Å²) < 4.78 is 4.68. The Morgan fingerprint density at radius 1 is 0.396 bits per heavy atom. The summed E-state index contributed by atoms with van der Waals surface area (Å²) in [5.41, 5.74) is 8.97. The number of fused-ring (bicyclic) bond motifs is 10. The average molecular weight is 615 g/mol. The quantitative estimate of drug-likeness (QED) is 0.198. The third-order valence-corrected chi connectivity index (χ3v) is 9.12. The second-order valence-electron chi connectivity index (χ2n) is 11.9. The first-order chi connectivity index (χ1) is 23.8. The highest BCUT2D eigenvalue weighted by molar-refractivity contribution is 6.23. The Morgan fingerprint density at radius 2 is 0.938 bits per heavy atom. The van der Waals surface area contributed by atoms with Crippen molar-refractivity contribution in [2.75, 3.05) is 0 Å². The number of hydrogen-bond donors (Lipinski definition) is 0. The molecule has 48 heavy (non-hydrogen) atoms. The van der Waals surface area contributed by atoms with Crippen LogP contribution in [0.1, 0.15) is 0 Å². The van der Waals surface area contributed by atoms with Crippen molar-refractivity contribution in [1.82, 2.24) is 28.9 Å². The summed E-state index contributed by atoms with van der Waals surface area (Å²) >= 11 is 0. The Bertz CT molecular complexity index is 2780. The first-order valence-corrected chi connectivity index (χ1v) is 16.0. The fourth-order valence-electron chi connectivity index (χ4n) is 7.00. The molecular formula is C42H26N6. The number of imidazole rings is 1. The zero-order valence-electron chi connectivity index (χ0n) is 25.7. The number of hydrogen-bond acceptors (Lipinski definition) is 4. The molecule has 0 saturated carbocycles. The summed E-state index contributed by atoms with van der Waals surface area (Å²) in [7, 11) is 0. The van der Waals surface area contributed by atoms with Crippen molar-refractivity contribution < 1.29 is 0 Å². The minimum absolute atomic E-state index is 0.619. The first kappa shape index (κ1) is 26.5. The van der Waals surface area contributed by atoms with Crippen LogP contribution < -0.4 is 0 Å². The number of benzene rings is 6. The first-order valence-electron chi connectivity index (χ1n) is 16.0. The summed E-state index contributed by atoms with van der Waals surface area (Å²) in [6, 6.07) is 54.3. The fraction of sp³-hybridized carbons (Fsp3) is 0. The van der Waals surface area contributed by atoms with Gasteiger partial charge in [-0.1, -0.05) is 127 Å². The van der Waals surface area contributed by atoms with Gasteiger partial charge in [0.15, 0.2) is 17.5 Å². The molecule has 6 aromatic carbocycles. The van der Waals surface area contributed by atoms with Gasteiger partial charge in [0, 0.05) is 38.5 Å². The molecule has 224 valence electrons. The normalized spacial score (nSPS) is 11.8. The van der Waals surface area contributed by atoms with Crippen LogP contribution in [0, 0.1) is 0 Å². The minimum Gasteiger partial charge on any atom is -0.295 e. The number of pyridine rings is 1. The van der Waals surface area contributed by atoms with E-state index in [1.807, 2.05) is 60.7 Å². The van der Waals surface area contributed by atoms with Crippen LogP contribution in [0.15, 0.2) is 158 Å². The molecule has 4 heterocycles. The van der Waals surface area contributed by atoms with Crippen molar-refractivity contribution in [3.05, 3.63) is 158 Å². The predicted molar refractivity (Wildman–Crippen MR) is 194 cm³/mol. The van der Waals surface area contributed by atoms with Crippen molar-refractivity contribution in [2.24, 2.45) is 0 Å². The third-order valence-electron chi connectivity index (χ3n) is 9.12. The van der Waals surface area contributed by atoms with Crippen LogP contribution in [0.4, 0.5) is 0 Å². The summed E-state index contributed by atoms with van der Waals surface area (Å²) in [5.74, 6) is 1.90. The lowest BCUT2D eigenvalue weighted by atomic mass is 10.1. The largest absolute Gasteiger partial charge is 0.295 e. The van der Waals surface area contributed by atoms with E-state index in [2.05, 4.69) is 106 Å². The fourth-order valence-corrected chi connectivity index (χ4v) is 7.00. The van der Waals surface area contributed by atoms with Gasteiger partial charge in [-0.2, -0.15) is 0 Å². The maximum atomic E-state index is 5.16. The lowest BCUT2D eigenvalue weighted by Crippen LogP contribution is -2.02. The van der Waals surface area contributed by atoms with E-state index in [1.54, 1.807) is 0 Å². The van der Waals surface area contributed by atoms with Gasteiger partial charge in [-0.15, -0.1) is 0 Å². The number of para-hydroxylation sites is 3. The van der Waals surface area contributed by atoms with E-state index in [4.69, 9.17) is 19.9 Å². The predicted octanol–water partition coefficient (Wildman–Crippen LogP) is 9.92. The Morgan fingerprint density at radius 3 is 1.65 bits per heavy atom. The molecule has 0 aliphatic carbocycles. The monoisotopic (exact) mass is 614 g/mol. The smallest absolute Gasteiger partial charge is 0.164 e. The number of aromatic nitrogens is 6. The maximum absolute atomic E-state index is 5.16. The number of rotatable bonds is 4. The summed E-state index contributed by atoms with van der Waals surface area (Å²) in [6.45, 7) is 0. The molecule has 6 heteroatoms. The SMILES string of the molecule is c1ccc(-c2nc(-c3ccccc3)nc(-c3cccc(-n4c5ccccc5c5c6ccccc6c6nc7ccccc7n6c54)c3)n2)cc1. The second kappa shape index (κ2) is 10.4. The van der Waals surface area contributed by atoms with Gasteiger partial charge < -0.3 is 0 Å². The van der Waals surface area contributed by atoms with E-state index < -0.39 is 0 Å². The van der Waals surface area contributed by atoms with Gasteiger partial charge in [0.1, 0.15) is 11.3 Å². The van der Waals surface area contributed by atoms with E-state index in [9.17, 15) is 0 Å². The topological polar surface area (TPSA) is 60.9 Å². The van der Waals surface area contributed by atoms with Crippen molar-refractivity contribution in [3.63, 3.8) is 0 Å². The molecule has 0 N–H and O–H groups in total. The highest BCUT2D eigenvalue weighted by atomic mass is 15.1. The zero-order chi connectivity index (χ0) is 31.6. The van der Waals surface area contributed by atoms with Crippen LogP contribution in [0.5, 0.6) is 0 Å². The van der Waals surface area contributed by atoms with Crippen LogP contribution >= 0.6 is 0 Å². The van der Waals surface area contributed by atoms with E-state index >= 15 is 0 Å². The van der Waals surface area contributed by atoms with E-state index in [1.165, 1.54) is 16.2 Å². The highest BCUT2D eigenvalue weighted by Gasteiger charge is 2.22. The molecule has 0 spiro atoms. The molecule has 0 amide bonds. The van der Waals surface area contributed by atoms with Crippen LogP contribution in [-0.4, -0.2) is 28.9 Å². The van der Waals surface area contributed by atoms with Crippen LogP contribution in [0.3, 0.4) is 0 Å². The highest BCUT2D eigenvalue weighted by Crippen LogP contribution is 2.40. The van der Waals surface area contributed by atoms with Crippen LogP contribution in [0.25, 0.3) is 89.2 Å². The molecule has 0 aliphatic heterocycles. The number of nitrogens with zero attached hydrogens (tertiary/aromatic N) is 6. The molecule has 0 aliphatic rings. The van der Waals surface area contributed by atoms with Gasteiger partial charge in [0.25, 0.3) is 0 Å². The van der Waals surface area contributed by atoms with Crippen molar-refractivity contribution >= 4 is 49.4 Å². The molecule has 0 radical (unpaired) electrons. The van der Waals surface area contributed by atoms with Crippen LogP contribution in [-0.2, 0) is 0 Å². The molecule has 0 fully saturated rings. The Balaban J connectivity index is 1.28. The third kappa shape index (κ3) is 3.99. The van der Waals surface area contributed by atoms with Gasteiger partial charge >= 0.3 is 0 Å². The van der Waals surface area contributed by atoms with Gasteiger partial charge in [-0.05, 0) is 35.7 Å². The molecule has 6 nitrogen and oxygen atoms in total. The molecular weight excluding hydrogens is 589 g/mol. The maximum Gasteiger partial charge on any atom is 0.164 e. The van der Waals surface area contributed by atoms with Crippen molar-refractivity contribution in [1.29, 1.82) is 0 Å². The van der Waals surface area contributed by atoms with E-state index in [0.717, 1.165) is 55.6 Å². The summed E-state index contributed by atoms with van der Waals surface area (Å²) in [6.07, 6.45) is 0. The van der Waals surface area contributed by atoms with Gasteiger partial charge in [-0.3, -0.25) is 8.97 Å². The molecule has 0 unspecified atom stereocenters.